The van der Waals surface area contributed by atoms with E-state index in [0.29, 0.717) is 6.42 Å². The summed E-state index contributed by atoms with van der Waals surface area (Å²) in [5.41, 5.74) is 2.15. The van der Waals surface area contributed by atoms with Crippen LogP contribution in [-0.4, -0.2) is 24.9 Å². The quantitative estimate of drug-likeness (QED) is 0.389. The number of carbonyl (C=O) groups excluding carboxylic acids is 1. The Morgan fingerprint density at radius 2 is 2.17 bits per heavy atom. The first kappa shape index (κ1) is 14.7. The Hall–Kier alpha value is -1.38. The number of nitrogens with zero attached hydrogens (tertiary/aromatic N) is 1. The molecule has 1 heterocycles. The molecule has 1 amide bonds. The molecule has 18 heavy (non-hydrogen) atoms. The second-order valence-corrected chi connectivity index (χ2v) is 5.79. The fourth-order valence-corrected chi connectivity index (χ4v) is 2.79. The first-order chi connectivity index (χ1) is 8.31. The number of aryl methyl sites for hydroxylation is 1. The zero-order chi connectivity index (χ0) is 13.9. The third-order valence-corrected chi connectivity index (χ3v) is 4.18. The summed E-state index contributed by atoms with van der Waals surface area (Å²) in [5.74, 6) is 4.48. The van der Waals surface area contributed by atoms with Gasteiger partial charge in [0.1, 0.15) is 10.6 Å². The van der Waals surface area contributed by atoms with Crippen LogP contribution in [0.1, 0.15) is 30.8 Å². The van der Waals surface area contributed by atoms with Crippen molar-refractivity contribution in [2.75, 3.05) is 0 Å². The van der Waals surface area contributed by atoms with Gasteiger partial charge in [0.25, 0.3) is 5.91 Å². The van der Waals surface area contributed by atoms with Gasteiger partial charge in [-0.25, -0.2) is 19.0 Å². The summed E-state index contributed by atoms with van der Waals surface area (Å²) < 4.78 is 27.9. The van der Waals surface area contributed by atoms with Crippen LogP contribution in [0.4, 0.5) is 0 Å². The van der Waals surface area contributed by atoms with Crippen LogP contribution in [0.3, 0.4) is 0 Å². The summed E-state index contributed by atoms with van der Waals surface area (Å²) in [7, 11) is -2.03. The smallest absolute Gasteiger partial charge is 0.281 e. The number of nitrogen functional groups attached to an aromatic ring is 1. The Morgan fingerprint density at radius 1 is 1.56 bits per heavy atom. The second-order valence-electron chi connectivity index (χ2n) is 4.08. The van der Waals surface area contributed by atoms with E-state index in [9.17, 15) is 13.2 Å². The maximum Gasteiger partial charge on any atom is 0.281 e. The molecule has 0 bridgehead atoms. The molecule has 4 N–H and O–H groups in total. The molecule has 0 aromatic carbocycles. The van der Waals surface area contributed by atoms with E-state index in [1.165, 1.54) is 16.8 Å². The Balaban J connectivity index is 3.08. The van der Waals surface area contributed by atoms with E-state index in [-0.39, 0.29) is 16.6 Å². The normalized spacial score (nSPS) is 13.3. The van der Waals surface area contributed by atoms with E-state index < -0.39 is 15.9 Å². The molecule has 1 atom stereocenters. The predicted octanol–water partition coefficient (Wildman–Crippen LogP) is -0.295. The fourth-order valence-electron chi connectivity index (χ4n) is 1.40. The molecule has 0 spiro atoms. The lowest BCUT2D eigenvalue weighted by atomic mass is 10.3. The lowest BCUT2D eigenvalue weighted by molar-refractivity contribution is 0.0945. The number of hydrogen-bond acceptors (Lipinski definition) is 4. The summed E-state index contributed by atoms with van der Waals surface area (Å²) in [6, 6.07) is 1.12. The third-order valence-electron chi connectivity index (χ3n) is 2.62. The van der Waals surface area contributed by atoms with Crippen LogP contribution >= 0.6 is 0 Å². The number of hydrogen-bond donors (Lipinski definition) is 3. The first-order valence-electron chi connectivity index (χ1n) is 5.51. The molecular formula is C10H18N4O3S. The van der Waals surface area contributed by atoms with Crippen molar-refractivity contribution < 1.29 is 13.2 Å². The minimum atomic E-state index is -3.61. The monoisotopic (exact) mass is 274 g/mol. The van der Waals surface area contributed by atoms with Crippen molar-refractivity contribution in [2.24, 2.45) is 12.9 Å². The summed E-state index contributed by atoms with van der Waals surface area (Å²) in [5, 5.41) is 0. The average Bonchev–Trinajstić information content (AvgIpc) is 2.70. The minimum absolute atomic E-state index is 0.0453. The van der Waals surface area contributed by atoms with Crippen molar-refractivity contribution in [1.29, 1.82) is 0 Å². The molecule has 1 aromatic rings. The number of aromatic nitrogens is 1. The van der Waals surface area contributed by atoms with Crippen LogP contribution in [0.15, 0.2) is 17.2 Å². The third kappa shape index (κ3) is 3.09. The van der Waals surface area contributed by atoms with Crippen molar-refractivity contribution in [1.82, 2.24) is 14.7 Å². The number of amides is 1. The molecule has 0 fully saturated rings. The highest BCUT2D eigenvalue weighted by molar-refractivity contribution is 7.89. The summed E-state index contributed by atoms with van der Waals surface area (Å²) in [6.45, 7) is 3.65. The van der Waals surface area contributed by atoms with Gasteiger partial charge < -0.3 is 4.57 Å². The standard InChI is InChI=1S/C10H18N4O3S/c1-4-7(2)13-18(16,17)8-5-9(10(15)12-11)14(3)6-8/h5-7,13H,4,11H2,1-3H3,(H,12,15). The van der Waals surface area contributed by atoms with Gasteiger partial charge >= 0.3 is 0 Å². The SMILES string of the molecule is CCC(C)NS(=O)(=O)c1cc(C(=O)NN)n(C)c1. The number of sulfonamides is 1. The number of nitrogens with two attached hydrogens (primary N) is 1. The lowest BCUT2D eigenvalue weighted by Gasteiger charge is -2.10. The molecule has 0 saturated carbocycles. The Labute approximate surface area is 106 Å². The van der Waals surface area contributed by atoms with Gasteiger partial charge in [0.15, 0.2) is 0 Å². The highest BCUT2D eigenvalue weighted by atomic mass is 32.2. The van der Waals surface area contributed by atoms with E-state index >= 15 is 0 Å². The number of carbonyl (C=O) groups is 1. The van der Waals surface area contributed by atoms with Gasteiger partial charge in [-0.3, -0.25) is 10.2 Å². The van der Waals surface area contributed by atoms with Crippen LogP contribution < -0.4 is 16.0 Å². The molecule has 8 heteroatoms. The zero-order valence-corrected chi connectivity index (χ0v) is 11.4. The Morgan fingerprint density at radius 3 is 2.67 bits per heavy atom. The van der Waals surface area contributed by atoms with E-state index in [4.69, 9.17) is 5.84 Å². The predicted molar refractivity (Wildman–Crippen MR) is 67.1 cm³/mol. The molecule has 102 valence electrons. The van der Waals surface area contributed by atoms with E-state index in [0.717, 1.165) is 0 Å². The van der Waals surface area contributed by atoms with Gasteiger partial charge in [0.05, 0.1) is 0 Å². The zero-order valence-electron chi connectivity index (χ0n) is 10.6. The van der Waals surface area contributed by atoms with Crippen molar-refractivity contribution in [2.45, 2.75) is 31.2 Å². The summed E-state index contributed by atoms with van der Waals surface area (Å²) in [4.78, 5) is 11.4. The number of nitrogens with one attached hydrogen (secondary N) is 2. The van der Waals surface area contributed by atoms with Crippen molar-refractivity contribution in [3.8, 4) is 0 Å². The minimum Gasteiger partial charge on any atom is -0.345 e. The highest BCUT2D eigenvalue weighted by Gasteiger charge is 2.21. The van der Waals surface area contributed by atoms with Crippen LogP contribution in [-0.2, 0) is 17.1 Å². The van der Waals surface area contributed by atoms with Gasteiger partial charge in [0, 0.05) is 19.3 Å². The molecule has 1 aromatic heterocycles. The van der Waals surface area contributed by atoms with Gasteiger partial charge in [-0.15, -0.1) is 0 Å². The van der Waals surface area contributed by atoms with Gasteiger partial charge in [0.2, 0.25) is 10.0 Å². The molecular weight excluding hydrogens is 256 g/mol. The molecule has 0 aliphatic heterocycles. The Bertz CT molecular complexity index is 535. The van der Waals surface area contributed by atoms with Crippen molar-refractivity contribution in [3.05, 3.63) is 18.0 Å². The maximum atomic E-state index is 12.0. The van der Waals surface area contributed by atoms with Crippen molar-refractivity contribution >= 4 is 15.9 Å². The van der Waals surface area contributed by atoms with Crippen molar-refractivity contribution in [3.63, 3.8) is 0 Å². The van der Waals surface area contributed by atoms with E-state index in [1.54, 1.807) is 14.0 Å². The van der Waals surface area contributed by atoms with Gasteiger partial charge in [-0.1, -0.05) is 6.92 Å². The van der Waals surface area contributed by atoms with E-state index in [1.807, 2.05) is 12.3 Å². The molecule has 0 aliphatic carbocycles. The first-order valence-corrected chi connectivity index (χ1v) is 6.99. The summed E-state index contributed by atoms with van der Waals surface area (Å²) >= 11 is 0. The largest absolute Gasteiger partial charge is 0.345 e. The number of rotatable bonds is 5. The fraction of sp³-hybridized carbons (Fsp3) is 0.500. The van der Waals surface area contributed by atoms with Gasteiger partial charge in [-0.05, 0) is 19.4 Å². The molecule has 0 saturated heterocycles. The topological polar surface area (TPSA) is 106 Å². The van der Waals surface area contributed by atoms with Gasteiger partial charge in [-0.2, -0.15) is 0 Å². The Kier molecular flexibility index (Phi) is 4.49. The second kappa shape index (κ2) is 5.51. The molecule has 0 aliphatic rings. The summed E-state index contributed by atoms with van der Waals surface area (Å²) in [6.07, 6.45) is 2.05. The average molecular weight is 274 g/mol. The molecule has 7 nitrogen and oxygen atoms in total. The number of hydrazine groups is 1. The van der Waals surface area contributed by atoms with Crippen LogP contribution in [0.5, 0.6) is 0 Å². The maximum absolute atomic E-state index is 12.0. The lowest BCUT2D eigenvalue weighted by Crippen LogP contribution is -2.32. The molecule has 0 radical (unpaired) electrons. The van der Waals surface area contributed by atoms with Crippen LogP contribution in [0.2, 0.25) is 0 Å². The molecule has 1 unspecified atom stereocenters. The van der Waals surface area contributed by atoms with Crippen LogP contribution in [0.25, 0.3) is 0 Å². The highest BCUT2D eigenvalue weighted by Crippen LogP contribution is 2.14. The molecule has 1 rings (SSSR count). The van der Waals surface area contributed by atoms with E-state index in [2.05, 4.69) is 4.72 Å². The van der Waals surface area contributed by atoms with Crippen LogP contribution in [0, 0.1) is 0 Å².